The summed E-state index contributed by atoms with van der Waals surface area (Å²) in [6.45, 7) is 2.32. The van der Waals surface area contributed by atoms with Crippen LogP contribution in [0.5, 0.6) is 5.75 Å². The Balaban J connectivity index is 2.19. The van der Waals surface area contributed by atoms with E-state index in [2.05, 4.69) is 10.6 Å². The second kappa shape index (κ2) is 5.18. The van der Waals surface area contributed by atoms with Crippen LogP contribution in [0.2, 0.25) is 0 Å². The topological polar surface area (TPSA) is 67.4 Å². The Kier molecular flexibility index (Phi) is 3.62. The number of hydrogen-bond donors (Lipinski definition) is 2. The van der Waals surface area contributed by atoms with Crippen LogP contribution in [-0.4, -0.2) is 31.4 Å². The first-order chi connectivity index (χ1) is 8.61. The molecule has 96 valence electrons. The van der Waals surface area contributed by atoms with Gasteiger partial charge in [-0.05, 0) is 32.2 Å². The molecule has 0 saturated carbocycles. The third kappa shape index (κ3) is 2.51. The van der Waals surface area contributed by atoms with E-state index in [-0.39, 0.29) is 11.7 Å². The van der Waals surface area contributed by atoms with Gasteiger partial charge in [-0.15, -0.1) is 0 Å². The molecule has 0 bridgehead atoms. The van der Waals surface area contributed by atoms with E-state index >= 15 is 0 Å². The van der Waals surface area contributed by atoms with Gasteiger partial charge in [-0.1, -0.05) is 0 Å². The molecule has 18 heavy (non-hydrogen) atoms. The molecule has 1 amide bonds. The predicted octanol–water partition coefficient (Wildman–Crippen LogP) is 1.20. The van der Waals surface area contributed by atoms with Crippen molar-refractivity contribution in [2.75, 3.05) is 18.9 Å². The van der Waals surface area contributed by atoms with Gasteiger partial charge in [-0.2, -0.15) is 0 Å². The van der Waals surface area contributed by atoms with Crippen LogP contribution in [0.15, 0.2) is 18.2 Å². The molecule has 1 aliphatic heterocycles. The van der Waals surface area contributed by atoms with Gasteiger partial charge < -0.3 is 15.4 Å². The summed E-state index contributed by atoms with van der Waals surface area (Å²) in [6.07, 6.45) is -0.0659. The molecule has 1 atom stereocenters. The molecule has 2 rings (SSSR count). The highest BCUT2D eigenvalue weighted by molar-refractivity contribution is 6.01. The number of ether oxygens (including phenoxy) is 1. The third-order valence-corrected chi connectivity index (χ3v) is 2.83. The molecule has 1 heterocycles. The maximum absolute atomic E-state index is 11.8. The van der Waals surface area contributed by atoms with Crippen LogP contribution in [0.25, 0.3) is 0 Å². The van der Waals surface area contributed by atoms with E-state index in [1.54, 1.807) is 32.2 Å². The molecule has 1 aliphatic rings. The first-order valence-corrected chi connectivity index (χ1v) is 5.91. The lowest BCUT2D eigenvalue weighted by atomic mass is 10.1. The minimum atomic E-state index is -0.497. The Morgan fingerprint density at radius 1 is 1.50 bits per heavy atom. The number of rotatable bonds is 4. The van der Waals surface area contributed by atoms with E-state index in [9.17, 15) is 9.59 Å². The van der Waals surface area contributed by atoms with Crippen LogP contribution in [0.1, 0.15) is 23.7 Å². The average molecular weight is 248 g/mol. The molecular weight excluding hydrogens is 232 g/mol. The van der Waals surface area contributed by atoms with Gasteiger partial charge in [0.2, 0.25) is 0 Å². The van der Waals surface area contributed by atoms with Crippen LogP contribution in [-0.2, 0) is 4.79 Å². The minimum absolute atomic E-state index is 0.0417. The van der Waals surface area contributed by atoms with Crippen LogP contribution < -0.4 is 15.4 Å². The Bertz CT molecular complexity index is 485. The second-order valence-electron chi connectivity index (χ2n) is 4.24. The van der Waals surface area contributed by atoms with Gasteiger partial charge in [-0.25, -0.2) is 0 Å². The molecule has 0 aromatic heterocycles. The number of amides is 1. The molecule has 1 unspecified atom stereocenters. The maximum atomic E-state index is 11.8. The largest absolute Gasteiger partial charge is 0.479 e. The van der Waals surface area contributed by atoms with Crippen LogP contribution in [0.3, 0.4) is 0 Å². The lowest BCUT2D eigenvalue weighted by molar-refractivity contribution is -0.122. The number of anilines is 1. The van der Waals surface area contributed by atoms with Crippen molar-refractivity contribution in [1.82, 2.24) is 5.32 Å². The lowest BCUT2D eigenvalue weighted by Crippen LogP contribution is -2.34. The molecule has 1 aromatic carbocycles. The number of fused-ring (bicyclic) bond motifs is 1. The summed E-state index contributed by atoms with van der Waals surface area (Å²) in [7, 11) is 1.80. The predicted molar refractivity (Wildman–Crippen MR) is 68.0 cm³/mol. The van der Waals surface area contributed by atoms with E-state index in [0.29, 0.717) is 30.0 Å². The van der Waals surface area contributed by atoms with Gasteiger partial charge in [0, 0.05) is 18.5 Å². The van der Waals surface area contributed by atoms with E-state index in [1.807, 2.05) is 0 Å². The van der Waals surface area contributed by atoms with Crippen molar-refractivity contribution in [3.63, 3.8) is 0 Å². The highest BCUT2D eigenvalue weighted by Crippen LogP contribution is 2.30. The summed E-state index contributed by atoms with van der Waals surface area (Å²) in [4.78, 5) is 23.3. The molecule has 2 N–H and O–H groups in total. The van der Waals surface area contributed by atoms with Crippen molar-refractivity contribution < 1.29 is 14.3 Å². The Labute approximate surface area is 106 Å². The smallest absolute Gasteiger partial charge is 0.265 e. The molecular formula is C13H16N2O3. The zero-order chi connectivity index (χ0) is 13.1. The first kappa shape index (κ1) is 12.6. The van der Waals surface area contributed by atoms with Crippen LogP contribution in [0.4, 0.5) is 5.69 Å². The number of carbonyl (C=O) groups is 2. The van der Waals surface area contributed by atoms with Crippen molar-refractivity contribution >= 4 is 17.4 Å². The molecule has 0 radical (unpaired) electrons. The van der Waals surface area contributed by atoms with Crippen molar-refractivity contribution in [3.8, 4) is 5.75 Å². The molecule has 0 saturated heterocycles. The van der Waals surface area contributed by atoms with Crippen LogP contribution >= 0.6 is 0 Å². The molecule has 0 spiro atoms. The first-order valence-electron chi connectivity index (χ1n) is 5.91. The summed E-state index contributed by atoms with van der Waals surface area (Å²) >= 11 is 0. The van der Waals surface area contributed by atoms with Crippen molar-refractivity contribution in [3.05, 3.63) is 23.8 Å². The van der Waals surface area contributed by atoms with E-state index in [1.165, 1.54) is 0 Å². The summed E-state index contributed by atoms with van der Waals surface area (Å²) in [5, 5.41) is 5.66. The van der Waals surface area contributed by atoms with E-state index in [0.717, 1.165) is 0 Å². The second-order valence-corrected chi connectivity index (χ2v) is 4.24. The summed E-state index contributed by atoms with van der Waals surface area (Å²) < 4.78 is 5.42. The Hall–Kier alpha value is -1.88. The zero-order valence-electron chi connectivity index (χ0n) is 10.4. The fourth-order valence-electron chi connectivity index (χ4n) is 1.77. The van der Waals surface area contributed by atoms with Gasteiger partial charge >= 0.3 is 0 Å². The summed E-state index contributed by atoms with van der Waals surface area (Å²) in [5.74, 6) is 0.453. The molecule has 0 fully saturated rings. The Morgan fingerprint density at radius 2 is 2.28 bits per heavy atom. The highest BCUT2D eigenvalue weighted by Gasteiger charge is 2.24. The minimum Gasteiger partial charge on any atom is -0.479 e. The fraction of sp³-hybridized carbons (Fsp3) is 0.385. The van der Waals surface area contributed by atoms with Crippen molar-refractivity contribution in [2.24, 2.45) is 0 Å². The zero-order valence-corrected chi connectivity index (χ0v) is 10.4. The van der Waals surface area contributed by atoms with Crippen molar-refractivity contribution in [2.45, 2.75) is 19.4 Å². The van der Waals surface area contributed by atoms with Gasteiger partial charge in [0.05, 0.1) is 5.69 Å². The standard InChI is InChI=1S/C13H16N2O3/c1-8-13(17)15-10-7-9(3-4-12(10)18-8)11(16)5-6-14-2/h3-4,7-8,14H,5-6H2,1-2H3,(H,15,17). The molecule has 1 aromatic rings. The number of Topliss-reactive ketones (excluding diaryl/α,β-unsaturated/α-hetero) is 1. The van der Waals surface area contributed by atoms with Crippen molar-refractivity contribution in [1.29, 1.82) is 0 Å². The summed E-state index contributed by atoms with van der Waals surface area (Å²) in [6, 6.07) is 5.11. The van der Waals surface area contributed by atoms with Gasteiger partial charge in [-0.3, -0.25) is 9.59 Å². The maximum Gasteiger partial charge on any atom is 0.265 e. The quantitative estimate of drug-likeness (QED) is 0.786. The molecule has 0 aliphatic carbocycles. The fourth-order valence-corrected chi connectivity index (χ4v) is 1.77. The highest BCUT2D eigenvalue weighted by atomic mass is 16.5. The number of benzene rings is 1. The van der Waals surface area contributed by atoms with Gasteiger partial charge in [0.15, 0.2) is 11.9 Å². The number of hydrogen-bond acceptors (Lipinski definition) is 4. The van der Waals surface area contributed by atoms with Gasteiger partial charge in [0.1, 0.15) is 5.75 Å². The van der Waals surface area contributed by atoms with Crippen LogP contribution in [0, 0.1) is 0 Å². The SMILES string of the molecule is CNCCC(=O)c1ccc2c(c1)NC(=O)C(C)O2. The average Bonchev–Trinajstić information content (AvgIpc) is 2.36. The Morgan fingerprint density at radius 3 is 3.00 bits per heavy atom. The lowest BCUT2D eigenvalue weighted by Gasteiger charge is -2.23. The number of ketones is 1. The third-order valence-electron chi connectivity index (χ3n) is 2.83. The number of nitrogens with one attached hydrogen (secondary N) is 2. The normalized spacial score (nSPS) is 17.7. The van der Waals surface area contributed by atoms with E-state index in [4.69, 9.17) is 4.74 Å². The number of carbonyl (C=O) groups excluding carboxylic acids is 2. The molecule has 5 nitrogen and oxygen atoms in total. The van der Waals surface area contributed by atoms with Gasteiger partial charge in [0.25, 0.3) is 5.91 Å². The summed E-state index contributed by atoms with van der Waals surface area (Å²) in [5.41, 5.74) is 1.15. The monoisotopic (exact) mass is 248 g/mol. The van der Waals surface area contributed by atoms with E-state index < -0.39 is 6.10 Å². The molecule has 5 heteroatoms.